The molecule has 5 nitrogen and oxygen atoms in total. The van der Waals surface area contributed by atoms with E-state index in [1.54, 1.807) is 17.0 Å². The fraction of sp³-hybridized carbons (Fsp3) is 0.222. The predicted molar refractivity (Wildman–Crippen MR) is 92.9 cm³/mol. The van der Waals surface area contributed by atoms with Crippen molar-refractivity contribution in [1.82, 2.24) is 9.38 Å². The second kappa shape index (κ2) is 6.63. The van der Waals surface area contributed by atoms with E-state index in [4.69, 9.17) is 11.6 Å². The molecule has 0 aliphatic carbocycles. The van der Waals surface area contributed by atoms with E-state index in [1.165, 1.54) is 0 Å². The van der Waals surface area contributed by atoms with E-state index in [0.717, 1.165) is 5.56 Å². The van der Waals surface area contributed by atoms with Gasteiger partial charge in [0, 0.05) is 5.02 Å². The quantitative estimate of drug-likeness (QED) is 0.845. The number of urea groups is 1. The molecule has 124 valence electrons. The molecule has 0 radical (unpaired) electrons. The number of carbonyl (C=O) groups is 2. The smallest absolute Gasteiger partial charge is 0.425 e. The molecule has 3 rings (SSSR count). The van der Waals surface area contributed by atoms with Crippen molar-refractivity contribution in [1.29, 1.82) is 0 Å². The van der Waals surface area contributed by atoms with E-state index in [2.05, 4.69) is 0 Å². The van der Waals surface area contributed by atoms with Crippen LogP contribution >= 0.6 is 11.6 Å². The summed E-state index contributed by atoms with van der Waals surface area (Å²) in [7, 11) is 0. The molecule has 2 aromatic carbocycles. The van der Waals surface area contributed by atoms with Crippen LogP contribution in [0.5, 0.6) is 0 Å². The molecular formula is C18H18ClN2O3+. The zero-order chi connectivity index (χ0) is 17.2. The molecule has 0 saturated carbocycles. The van der Waals surface area contributed by atoms with Crippen molar-refractivity contribution in [2.75, 3.05) is 19.6 Å². The van der Waals surface area contributed by atoms with Gasteiger partial charge in [-0.25, -0.2) is 9.59 Å². The Morgan fingerprint density at radius 1 is 1.12 bits per heavy atom. The van der Waals surface area contributed by atoms with Crippen LogP contribution in [0.2, 0.25) is 5.02 Å². The number of carboxylic acids is 1. The standard InChI is InChI=1S/C18H17ClN2O3/c19-15-8-6-14(7-9-15)12-20-10-11-21(18(20)24,13-17(22)23)16-4-2-1-3-5-16/h1-9H,10-13H2/p+1. The molecule has 2 amide bonds. The van der Waals surface area contributed by atoms with E-state index in [1.807, 2.05) is 42.5 Å². The lowest BCUT2D eigenvalue weighted by molar-refractivity contribution is -0.137. The van der Waals surface area contributed by atoms with Crippen molar-refractivity contribution >= 4 is 29.3 Å². The molecule has 1 N–H and O–H groups in total. The Balaban J connectivity index is 1.88. The third kappa shape index (κ3) is 3.13. The van der Waals surface area contributed by atoms with Crippen LogP contribution in [-0.4, -0.2) is 41.6 Å². The van der Waals surface area contributed by atoms with Crippen LogP contribution in [0.4, 0.5) is 10.5 Å². The topological polar surface area (TPSA) is 57.6 Å². The van der Waals surface area contributed by atoms with Crippen molar-refractivity contribution in [3.8, 4) is 0 Å². The number of benzene rings is 2. The minimum Gasteiger partial charge on any atom is -0.477 e. The summed E-state index contributed by atoms with van der Waals surface area (Å²) in [6.07, 6.45) is 0. The second-order valence-electron chi connectivity index (χ2n) is 5.91. The number of amides is 2. The van der Waals surface area contributed by atoms with Crippen molar-refractivity contribution in [2.24, 2.45) is 0 Å². The van der Waals surface area contributed by atoms with Gasteiger partial charge in [-0.1, -0.05) is 41.9 Å². The third-order valence-corrected chi connectivity index (χ3v) is 4.58. The number of carboxylic acid groups (broad SMARTS) is 1. The van der Waals surface area contributed by atoms with Crippen LogP contribution in [0.15, 0.2) is 54.6 Å². The van der Waals surface area contributed by atoms with Gasteiger partial charge in [0.1, 0.15) is 12.2 Å². The van der Waals surface area contributed by atoms with Crippen molar-refractivity contribution < 1.29 is 14.7 Å². The summed E-state index contributed by atoms with van der Waals surface area (Å²) in [5.41, 5.74) is 1.68. The van der Waals surface area contributed by atoms with Gasteiger partial charge >= 0.3 is 12.0 Å². The number of hydrogen-bond acceptors (Lipinski definition) is 2. The van der Waals surface area contributed by atoms with Crippen molar-refractivity contribution in [3.63, 3.8) is 0 Å². The van der Waals surface area contributed by atoms with Gasteiger partial charge in [-0.2, -0.15) is 4.48 Å². The van der Waals surface area contributed by atoms with Crippen LogP contribution < -0.4 is 4.48 Å². The molecule has 1 aliphatic heterocycles. The third-order valence-electron chi connectivity index (χ3n) is 4.33. The molecule has 1 saturated heterocycles. The highest BCUT2D eigenvalue weighted by Gasteiger charge is 2.49. The predicted octanol–water partition coefficient (Wildman–Crippen LogP) is 3.37. The average molecular weight is 346 g/mol. The largest absolute Gasteiger partial charge is 0.477 e. The average Bonchev–Trinajstić information content (AvgIpc) is 2.88. The highest BCUT2D eigenvalue weighted by molar-refractivity contribution is 6.30. The van der Waals surface area contributed by atoms with Gasteiger partial charge in [0.05, 0.1) is 13.1 Å². The normalized spacial score (nSPS) is 20.4. The van der Waals surface area contributed by atoms with Crippen LogP contribution in [0, 0.1) is 0 Å². The second-order valence-corrected chi connectivity index (χ2v) is 6.35. The van der Waals surface area contributed by atoms with E-state index in [0.29, 0.717) is 30.3 Å². The Morgan fingerprint density at radius 2 is 1.79 bits per heavy atom. The van der Waals surface area contributed by atoms with Gasteiger partial charge in [-0.05, 0) is 29.8 Å². The first kappa shape index (κ1) is 16.5. The minimum atomic E-state index is -0.986. The van der Waals surface area contributed by atoms with Gasteiger partial charge in [-0.3, -0.25) is 4.90 Å². The summed E-state index contributed by atoms with van der Waals surface area (Å²) in [5, 5.41) is 9.97. The fourth-order valence-corrected chi connectivity index (χ4v) is 3.26. The molecule has 24 heavy (non-hydrogen) atoms. The lowest BCUT2D eigenvalue weighted by Crippen LogP contribution is -2.55. The number of nitrogens with zero attached hydrogens (tertiary/aromatic N) is 2. The Labute approximate surface area is 145 Å². The molecule has 1 aliphatic rings. The highest BCUT2D eigenvalue weighted by Crippen LogP contribution is 2.30. The summed E-state index contributed by atoms with van der Waals surface area (Å²) < 4.78 is -0.177. The number of aliphatic carboxylic acids is 1. The minimum absolute atomic E-state index is 0.177. The summed E-state index contributed by atoms with van der Waals surface area (Å²) in [6.45, 7) is 1.16. The monoisotopic (exact) mass is 345 g/mol. The van der Waals surface area contributed by atoms with E-state index >= 15 is 0 Å². The van der Waals surface area contributed by atoms with Gasteiger partial charge in [0.25, 0.3) is 0 Å². The number of quaternary nitrogens is 1. The Kier molecular flexibility index (Phi) is 4.55. The number of halogens is 1. The molecular weight excluding hydrogens is 328 g/mol. The molecule has 1 unspecified atom stereocenters. The lowest BCUT2D eigenvalue weighted by Gasteiger charge is -2.28. The van der Waals surface area contributed by atoms with Crippen LogP contribution in [0.25, 0.3) is 0 Å². The van der Waals surface area contributed by atoms with Crippen LogP contribution in [0.3, 0.4) is 0 Å². The van der Waals surface area contributed by atoms with E-state index in [-0.39, 0.29) is 17.1 Å². The van der Waals surface area contributed by atoms with Crippen molar-refractivity contribution in [2.45, 2.75) is 6.54 Å². The highest BCUT2D eigenvalue weighted by atomic mass is 35.5. The fourth-order valence-electron chi connectivity index (χ4n) is 3.13. The maximum absolute atomic E-state index is 13.0. The van der Waals surface area contributed by atoms with E-state index in [9.17, 15) is 14.7 Å². The maximum Gasteiger partial charge on any atom is 0.425 e. The Hall–Kier alpha value is -2.37. The van der Waals surface area contributed by atoms with Crippen LogP contribution in [-0.2, 0) is 11.3 Å². The molecule has 1 heterocycles. The van der Waals surface area contributed by atoms with Gasteiger partial charge in [-0.15, -0.1) is 0 Å². The number of carbonyl (C=O) groups excluding carboxylic acids is 1. The number of rotatable bonds is 5. The maximum atomic E-state index is 13.0. The summed E-state index contributed by atoms with van der Waals surface area (Å²) >= 11 is 5.89. The SMILES string of the molecule is O=C(O)C[N+]1(c2ccccc2)CCN(Cc2ccc(Cl)cc2)C1=O. The van der Waals surface area contributed by atoms with Gasteiger partial charge in [0.15, 0.2) is 6.54 Å². The number of para-hydroxylation sites is 1. The van der Waals surface area contributed by atoms with Crippen LogP contribution in [0.1, 0.15) is 5.56 Å². The summed E-state index contributed by atoms with van der Waals surface area (Å²) in [6, 6.07) is 16.3. The number of hydrogen-bond donors (Lipinski definition) is 1. The zero-order valence-corrected chi connectivity index (χ0v) is 13.8. The first-order chi connectivity index (χ1) is 11.5. The van der Waals surface area contributed by atoms with Gasteiger partial charge in [0.2, 0.25) is 0 Å². The summed E-state index contributed by atoms with van der Waals surface area (Å²) in [4.78, 5) is 26.1. The van der Waals surface area contributed by atoms with E-state index < -0.39 is 5.97 Å². The molecule has 0 spiro atoms. The summed E-state index contributed by atoms with van der Waals surface area (Å²) in [5.74, 6) is -0.986. The molecule has 1 fully saturated rings. The molecule has 2 aromatic rings. The van der Waals surface area contributed by atoms with Gasteiger partial charge < -0.3 is 5.11 Å². The first-order valence-electron chi connectivity index (χ1n) is 7.70. The molecule has 1 atom stereocenters. The first-order valence-corrected chi connectivity index (χ1v) is 8.07. The Bertz CT molecular complexity index is 749. The zero-order valence-electron chi connectivity index (χ0n) is 13.1. The van der Waals surface area contributed by atoms with Crippen molar-refractivity contribution in [3.05, 3.63) is 65.2 Å². The molecule has 6 heteroatoms. The molecule has 0 aromatic heterocycles. The molecule has 0 bridgehead atoms. The Morgan fingerprint density at radius 3 is 2.42 bits per heavy atom. The lowest BCUT2D eigenvalue weighted by atomic mass is 10.2.